The van der Waals surface area contributed by atoms with Crippen LogP contribution in [0.25, 0.3) is 5.69 Å². The molecule has 1 aliphatic heterocycles. The maximum atomic E-state index is 12.3. The third-order valence-corrected chi connectivity index (χ3v) is 4.76. The summed E-state index contributed by atoms with van der Waals surface area (Å²) in [6.45, 7) is 2.12. The van der Waals surface area contributed by atoms with Crippen molar-refractivity contribution in [2.45, 2.75) is 24.5 Å². The lowest BCUT2D eigenvalue weighted by molar-refractivity contribution is -0.136. The standard InChI is InChI=1S/C17H20N4O3S/c1-11(8-24-2)18-16(22)17(23)19-15-13-9-25-10-14(13)20-21(15)12-6-4-3-5-7-12/h3-7,11H,8-10H2,1-2H3,(H,18,22)(H,19,23)/t11-/m1/s1. The maximum Gasteiger partial charge on any atom is 0.314 e. The first-order chi connectivity index (χ1) is 12.1. The number of nitrogens with zero attached hydrogens (tertiary/aromatic N) is 2. The third kappa shape index (κ3) is 3.85. The minimum absolute atomic E-state index is 0.247. The summed E-state index contributed by atoms with van der Waals surface area (Å²) >= 11 is 1.74. The largest absolute Gasteiger partial charge is 0.383 e. The van der Waals surface area contributed by atoms with Crippen molar-refractivity contribution in [1.29, 1.82) is 0 Å². The van der Waals surface area contributed by atoms with E-state index in [1.165, 1.54) is 0 Å². The van der Waals surface area contributed by atoms with Gasteiger partial charge in [0, 0.05) is 30.2 Å². The van der Waals surface area contributed by atoms with Gasteiger partial charge in [0.05, 0.1) is 18.0 Å². The molecule has 8 heteroatoms. The van der Waals surface area contributed by atoms with E-state index in [4.69, 9.17) is 4.74 Å². The zero-order chi connectivity index (χ0) is 17.8. The summed E-state index contributed by atoms with van der Waals surface area (Å²) in [5.74, 6) is 0.726. The van der Waals surface area contributed by atoms with Crippen molar-refractivity contribution in [2.24, 2.45) is 0 Å². The summed E-state index contributed by atoms with van der Waals surface area (Å²) in [6, 6.07) is 9.30. The van der Waals surface area contributed by atoms with Gasteiger partial charge < -0.3 is 15.4 Å². The lowest BCUT2D eigenvalue weighted by atomic mass is 10.2. The first-order valence-corrected chi connectivity index (χ1v) is 9.10. The highest BCUT2D eigenvalue weighted by molar-refractivity contribution is 7.98. The predicted molar refractivity (Wildman–Crippen MR) is 96.7 cm³/mol. The van der Waals surface area contributed by atoms with Crippen molar-refractivity contribution in [3.8, 4) is 5.69 Å². The van der Waals surface area contributed by atoms with Crippen LogP contribution in [0.1, 0.15) is 18.2 Å². The zero-order valence-corrected chi connectivity index (χ0v) is 14.9. The number of ether oxygens (including phenoxy) is 1. The van der Waals surface area contributed by atoms with Crippen molar-refractivity contribution in [2.75, 3.05) is 19.0 Å². The van der Waals surface area contributed by atoms with Gasteiger partial charge in [-0.05, 0) is 19.1 Å². The van der Waals surface area contributed by atoms with Gasteiger partial charge in [0.1, 0.15) is 5.82 Å². The fourth-order valence-corrected chi connectivity index (χ4v) is 3.68. The monoisotopic (exact) mass is 360 g/mol. The van der Waals surface area contributed by atoms with E-state index in [0.29, 0.717) is 12.4 Å². The number of hydrogen-bond donors (Lipinski definition) is 2. The first-order valence-electron chi connectivity index (χ1n) is 7.95. The predicted octanol–water partition coefficient (Wildman–Crippen LogP) is 1.71. The summed E-state index contributed by atoms with van der Waals surface area (Å²) in [5, 5.41) is 9.93. The number of nitrogens with one attached hydrogen (secondary N) is 2. The van der Waals surface area contributed by atoms with Crippen LogP contribution < -0.4 is 10.6 Å². The van der Waals surface area contributed by atoms with Gasteiger partial charge in [-0.1, -0.05) is 18.2 Å². The average molecular weight is 360 g/mol. The van der Waals surface area contributed by atoms with Crippen molar-refractivity contribution in [3.05, 3.63) is 41.6 Å². The fraction of sp³-hybridized carbons (Fsp3) is 0.353. The van der Waals surface area contributed by atoms with E-state index < -0.39 is 11.8 Å². The molecule has 1 aliphatic rings. The molecule has 1 aromatic carbocycles. The molecule has 0 radical (unpaired) electrons. The highest BCUT2D eigenvalue weighted by Crippen LogP contribution is 2.35. The highest BCUT2D eigenvalue weighted by atomic mass is 32.2. The van der Waals surface area contributed by atoms with Crippen LogP contribution in [-0.2, 0) is 25.8 Å². The van der Waals surface area contributed by atoms with Crippen LogP contribution in [0.3, 0.4) is 0 Å². The van der Waals surface area contributed by atoms with Gasteiger partial charge in [0.25, 0.3) is 0 Å². The molecular weight excluding hydrogens is 340 g/mol. The van der Waals surface area contributed by atoms with Crippen molar-refractivity contribution in [1.82, 2.24) is 15.1 Å². The normalized spacial score (nSPS) is 14.0. The van der Waals surface area contributed by atoms with Gasteiger partial charge in [0.15, 0.2) is 0 Å². The lowest BCUT2D eigenvalue weighted by Gasteiger charge is -2.14. The van der Waals surface area contributed by atoms with Crippen LogP contribution in [0.5, 0.6) is 0 Å². The molecule has 7 nitrogen and oxygen atoms in total. The fourth-order valence-electron chi connectivity index (χ4n) is 2.64. The highest BCUT2D eigenvalue weighted by Gasteiger charge is 2.26. The Labute approximate surface area is 150 Å². The topological polar surface area (TPSA) is 85.2 Å². The van der Waals surface area contributed by atoms with Crippen LogP contribution in [0.4, 0.5) is 5.82 Å². The zero-order valence-electron chi connectivity index (χ0n) is 14.1. The molecule has 132 valence electrons. The SMILES string of the molecule is COC[C@@H](C)NC(=O)C(=O)Nc1c2c(nn1-c1ccccc1)CSC2. The number of methoxy groups -OCH3 is 1. The van der Waals surface area contributed by atoms with Gasteiger partial charge in [-0.3, -0.25) is 9.59 Å². The van der Waals surface area contributed by atoms with Gasteiger partial charge in [-0.15, -0.1) is 0 Å². The van der Waals surface area contributed by atoms with Crippen molar-refractivity contribution in [3.63, 3.8) is 0 Å². The van der Waals surface area contributed by atoms with Crippen LogP contribution in [-0.4, -0.2) is 41.4 Å². The Morgan fingerprint density at radius 1 is 1.28 bits per heavy atom. The second-order valence-electron chi connectivity index (χ2n) is 5.80. The lowest BCUT2D eigenvalue weighted by Crippen LogP contribution is -2.42. The summed E-state index contributed by atoms with van der Waals surface area (Å²) < 4.78 is 6.65. The van der Waals surface area contributed by atoms with E-state index in [2.05, 4.69) is 15.7 Å². The molecule has 0 fully saturated rings. The quantitative estimate of drug-likeness (QED) is 0.793. The van der Waals surface area contributed by atoms with Gasteiger partial charge >= 0.3 is 11.8 Å². The summed E-state index contributed by atoms with van der Waals surface area (Å²) in [5.41, 5.74) is 2.75. The number of benzene rings is 1. The number of rotatable bonds is 5. The second kappa shape index (κ2) is 7.71. The Morgan fingerprint density at radius 2 is 2.04 bits per heavy atom. The Kier molecular flexibility index (Phi) is 5.40. The molecule has 3 rings (SSSR count). The molecule has 2 aromatic rings. The van der Waals surface area contributed by atoms with E-state index in [-0.39, 0.29) is 6.04 Å². The van der Waals surface area contributed by atoms with Crippen LogP contribution in [0.15, 0.2) is 30.3 Å². The molecule has 0 saturated heterocycles. The second-order valence-corrected chi connectivity index (χ2v) is 6.78. The van der Waals surface area contributed by atoms with Crippen LogP contribution in [0.2, 0.25) is 0 Å². The smallest absolute Gasteiger partial charge is 0.314 e. The number of thioether (sulfide) groups is 1. The molecule has 0 saturated carbocycles. The van der Waals surface area contributed by atoms with Gasteiger partial charge in [-0.25, -0.2) is 4.68 Å². The van der Waals surface area contributed by atoms with Crippen molar-refractivity contribution >= 4 is 29.4 Å². The van der Waals surface area contributed by atoms with E-state index >= 15 is 0 Å². The molecule has 2 N–H and O–H groups in total. The summed E-state index contributed by atoms with van der Waals surface area (Å²) in [6.07, 6.45) is 0. The maximum absolute atomic E-state index is 12.3. The number of fused-ring (bicyclic) bond motifs is 1. The molecule has 0 bridgehead atoms. The van der Waals surface area contributed by atoms with Crippen LogP contribution in [0, 0.1) is 0 Å². The Bertz CT molecular complexity index is 776. The number of para-hydroxylation sites is 1. The molecule has 0 unspecified atom stereocenters. The molecular formula is C17H20N4O3S. The number of amides is 2. The van der Waals surface area contributed by atoms with Crippen LogP contribution >= 0.6 is 11.8 Å². The Balaban J connectivity index is 1.82. The molecule has 0 spiro atoms. The van der Waals surface area contributed by atoms with E-state index in [1.807, 2.05) is 30.3 Å². The summed E-state index contributed by atoms with van der Waals surface area (Å²) in [7, 11) is 1.54. The number of hydrogen-bond acceptors (Lipinski definition) is 5. The molecule has 1 aromatic heterocycles. The molecule has 2 amide bonds. The Hall–Kier alpha value is -2.32. The number of carbonyl (C=O) groups is 2. The molecule has 25 heavy (non-hydrogen) atoms. The van der Waals surface area contributed by atoms with E-state index in [0.717, 1.165) is 28.5 Å². The number of anilines is 1. The minimum Gasteiger partial charge on any atom is -0.383 e. The van der Waals surface area contributed by atoms with E-state index in [9.17, 15) is 9.59 Å². The third-order valence-electron chi connectivity index (χ3n) is 3.78. The molecule has 0 aliphatic carbocycles. The first kappa shape index (κ1) is 17.5. The Morgan fingerprint density at radius 3 is 2.76 bits per heavy atom. The van der Waals surface area contributed by atoms with Gasteiger partial charge in [0.2, 0.25) is 0 Å². The number of carbonyl (C=O) groups excluding carboxylic acids is 2. The molecule has 2 heterocycles. The minimum atomic E-state index is -0.709. The van der Waals surface area contributed by atoms with E-state index in [1.54, 1.807) is 30.5 Å². The van der Waals surface area contributed by atoms with Crippen molar-refractivity contribution < 1.29 is 14.3 Å². The molecule has 1 atom stereocenters. The van der Waals surface area contributed by atoms with Gasteiger partial charge in [-0.2, -0.15) is 16.9 Å². The average Bonchev–Trinajstić information content (AvgIpc) is 3.18. The number of aromatic nitrogens is 2. The summed E-state index contributed by atoms with van der Waals surface area (Å²) in [4.78, 5) is 24.4.